The van der Waals surface area contributed by atoms with Crippen molar-refractivity contribution in [2.75, 3.05) is 0 Å². The highest BCUT2D eigenvalue weighted by Crippen LogP contribution is 2.50. The molecule has 2 saturated carbocycles. The van der Waals surface area contributed by atoms with Gasteiger partial charge in [0.1, 0.15) is 0 Å². The normalized spacial score (nSPS) is 33.5. The van der Waals surface area contributed by atoms with Crippen molar-refractivity contribution in [3.8, 4) is 0 Å². The SMILES string of the molecule is O=C(O)C(C[C@@H]1CC2CC[C@@H]1C2)C(=O)O. The molecule has 0 saturated heterocycles. The summed E-state index contributed by atoms with van der Waals surface area (Å²) in [5.41, 5.74) is 0. The molecule has 4 nitrogen and oxygen atoms in total. The molecule has 0 amide bonds. The molecular weight excluding hydrogens is 196 g/mol. The predicted octanol–water partition coefficient (Wildman–Crippen LogP) is 1.60. The molecule has 0 aromatic carbocycles. The molecule has 4 heteroatoms. The van der Waals surface area contributed by atoms with Gasteiger partial charge in [0.25, 0.3) is 0 Å². The maximum Gasteiger partial charge on any atom is 0.317 e. The van der Waals surface area contributed by atoms with Gasteiger partial charge in [-0.05, 0) is 43.4 Å². The first-order valence-electron chi connectivity index (χ1n) is 5.53. The van der Waals surface area contributed by atoms with E-state index in [2.05, 4.69) is 0 Å². The Morgan fingerprint density at radius 3 is 2.20 bits per heavy atom. The van der Waals surface area contributed by atoms with Crippen LogP contribution in [-0.4, -0.2) is 22.2 Å². The molecule has 2 rings (SSSR count). The average molecular weight is 212 g/mol. The molecule has 2 aliphatic rings. The molecule has 0 heterocycles. The van der Waals surface area contributed by atoms with Crippen LogP contribution in [0, 0.1) is 23.7 Å². The molecule has 3 atom stereocenters. The summed E-state index contributed by atoms with van der Waals surface area (Å²) in [6.45, 7) is 0. The van der Waals surface area contributed by atoms with Gasteiger partial charge in [0.2, 0.25) is 0 Å². The number of carboxylic acids is 2. The minimum Gasteiger partial charge on any atom is -0.481 e. The molecule has 0 spiro atoms. The third-order valence-corrected chi connectivity index (χ3v) is 4.02. The topological polar surface area (TPSA) is 74.6 Å². The number of carboxylic acid groups (broad SMARTS) is 2. The van der Waals surface area contributed by atoms with Crippen LogP contribution in [0.1, 0.15) is 32.1 Å². The Balaban J connectivity index is 1.95. The van der Waals surface area contributed by atoms with Crippen LogP contribution in [0.5, 0.6) is 0 Å². The molecule has 0 aliphatic heterocycles. The highest BCUT2D eigenvalue weighted by Gasteiger charge is 2.42. The van der Waals surface area contributed by atoms with Crippen LogP contribution < -0.4 is 0 Å². The maximum atomic E-state index is 10.8. The predicted molar refractivity (Wildman–Crippen MR) is 52.3 cm³/mol. The van der Waals surface area contributed by atoms with E-state index in [4.69, 9.17) is 10.2 Å². The lowest BCUT2D eigenvalue weighted by atomic mass is 9.82. The van der Waals surface area contributed by atoms with Gasteiger partial charge in [-0.15, -0.1) is 0 Å². The maximum absolute atomic E-state index is 10.8. The monoisotopic (exact) mass is 212 g/mol. The molecule has 2 fully saturated rings. The van der Waals surface area contributed by atoms with E-state index in [1.54, 1.807) is 0 Å². The molecule has 2 aliphatic carbocycles. The Hall–Kier alpha value is -1.06. The first kappa shape index (κ1) is 10.5. The number of aliphatic carboxylic acids is 2. The quantitative estimate of drug-likeness (QED) is 0.694. The van der Waals surface area contributed by atoms with Crippen LogP contribution in [0.15, 0.2) is 0 Å². The zero-order valence-electron chi connectivity index (χ0n) is 8.56. The summed E-state index contributed by atoms with van der Waals surface area (Å²) in [6, 6.07) is 0. The Bertz CT molecular complexity index is 272. The molecule has 15 heavy (non-hydrogen) atoms. The Kier molecular flexibility index (Phi) is 2.67. The fraction of sp³-hybridized carbons (Fsp3) is 0.818. The van der Waals surface area contributed by atoms with Gasteiger partial charge in [0.05, 0.1) is 0 Å². The number of fused-ring (bicyclic) bond motifs is 2. The van der Waals surface area contributed by atoms with E-state index in [0.29, 0.717) is 18.3 Å². The van der Waals surface area contributed by atoms with Crippen molar-refractivity contribution in [2.24, 2.45) is 23.7 Å². The molecule has 1 unspecified atom stereocenters. The first-order valence-corrected chi connectivity index (χ1v) is 5.53. The van der Waals surface area contributed by atoms with Crippen LogP contribution in [0.4, 0.5) is 0 Å². The van der Waals surface area contributed by atoms with Crippen LogP contribution in [0.25, 0.3) is 0 Å². The standard InChI is InChI=1S/C11H16O4/c12-10(13)9(11(14)15)5-8-4-6-1-2-7(8)3-6/h6-9H,1-5H2,(H,12,13)(H,14,15)/t6?,7-,8+/m1/s1. The van der Waals surface area contributed by atoms with Crippen LogP contribution in [0.3, 0.4) is 0 Å². The minimum atomic E-state index is -1.20. The van der Waals surface area contributed by atoms with E-state index in [-0.39, 0.29) is 0 Å². The molecule has 0 aromatic heterocycles. The van der Waals surface area contributed by atoms with Gasteiger partial charge in [-0.2, -0.15) is 0 Å². The first-order chi connectivity index (χ1) is 7.08. The van der Waals surface area contributed by atoms with Crippen molar-refractivity contribution in [3.05, 3.63) is 0 Å². The second kappa shape index (κ2) is 3.83. The number of hydrogen-bond donors (Lipinski definition) is 2. The van der Waals surface area contributed by atoms with E-state index >= 15 is 0 Å². The lowest BCUT2D eigenvalue weighted by molar-refractivity contribution is -0.155. The van der Waals surface area contributed by atoms with Crippen molar-refractivity contribution < 1.29 is 19.8 Å². The van der Waals surface area contributed by atoms with Gasteiger partial charge < -0.3 is 10.2 Å². The van der Waals surface area contributed by atoms with Gasteiger partial charge in [-0.3, -0.25) is 9.59 Å². The lowest BCUT2D eigenvalue weighted by Gasteiger charge is -2.22. The van der Waals surface area contributed by atoms with Crippen molar-refractivity contribution in [2.45, 2.75) is 32.1 Å². The van der Waals surface area contributed by atoms with E-state index in [1.807, 2.05) is 0 Å². The largest absolute Gasteiger partial charge is 0.481 e. The number of carbonyl (C=O) groups is 2. The summed E-state index contributed by atoms with van der Waals surface area (Å²) >= 11 is 0. The van der Waals surface area contributed by atoms with Crippen LogP contribution in [-0.2, 0) is 9.59 Å². The van der Waals surface area contributed by atoms with E-state index in [1.165, 1.54) is 19.3 Å². The summed E-state index contributed by atoms with van der Waals surface area (Å²) < 4.78 is 0. The van der Waals surface area contributed by atoms with Gasteiger partial charge in [0.15, 0.2) is 5.92 Å². The molecular formula is C11H16O4. The fourth-order valence-corrected chi connectivity index (χ4v) is 3.28. The van der Waals surface area contributed by atoms with Gasteiger partial charge in [-0.1, -0.05) is 6.42 Å². The average Bonchev–Trinajstić information content (AvgIpc) is 2.73. The number of rotatable bonds is 4. The summed E-state index contributed by atoms with van der Waals surface area (Å²) in [4.78, 5) is 21.5. The summed E-state index contributed by atoms with van der Waals surface area (Å²) in [7, 11) is 0. The van der Waals surface area contributed by atoms with Crippen molar-refractivity contribution in [3.63, 3.8) is 0 Å². The molecule has 2 N–H and O–H groups in total. The molecule has 0 radical (unpaired) electrons. The molecule has 2 bridgehead atoms. The Morgan fingerprint density at radius 1 is 1.13 bits per heavy atom. The zero-order valence-corrected chi connectivity index (χ0v) is 8.56. The second-order valence-electron chi connectivity index (χ2n) is 4.90. The summed E-state index contributed by atoms with van der Waals surface area (Å²) in [5, 5.41) is 17.6. The fourth-order valence-electron chi connectivity index (χ4n) is 3.28. The highest BCUT2D eigenvalue weighted by molar-refractivity contribution is 5.92. The van der Waals surface area contributed by atoms with Crippen LogP contribution >= 0.6 is 0 Å². The smallest absolute Gasteiger partial charge is 0.317 e. The summed E-state index contributed by atoms with van der Waals surface area (Å²) in [6.07, 6.45) is 4.98. The summed E-state index contributed by atoms with van der Waals surface area (Å²) in [5.74, 6) is -1.91. The van der Waals surface area contributed by atoms with Gasteiger partial charge in [-0.25, -0.2) is 0 Å². The number of hydrogen-bond acceptors (Lipinski definition) is 2. The third kappa shape index (κ3) is 1.98. The Labute approximate surface area is 88.3 Å². The van der Waals surface area contributed by atoms with E-state index in [9.17, 15) is 9.59 Å². The highest BCUT2D eigenvalue weighted by atomic mass is 16.4. The minimum absolute atomic E-state index is 0.325. The van der Waals surface area contributed by atoms with Crippen molar-refractivity contribution in [1.29, 1.82) is 0 Å². The van der Waals surface area contributed by atoms with Crippen molar-refractivity contribution in [1.82, 2.24) is 0 Å². The second-order valence-corrected chi connectivity index (χ2v) is 4.90. The Morgan fingerprint density at radius 2 is 1.80 bits per heavy atom. The van der Waals surface area contributed by atoms with E-state index in [0.717, 1.165) is 12.3 Å². The third-order valence-electron chi connectivity index (χ3n) is 4.02. The van der Waals surface area contributed by atoms with Crippen molar-refractivity contribution >= 4 is 11.9 Å². The van der Waals surface area contributed by atoms with Crippen LogP contribution in [0.2, 0.25) is 0 Å². The van der Waals surface area contributed by atoms with E-state index < -0.39 is 17.9 Å². The van der Waals surface area contributed by atoms with Gasteiger partial charge >= 0.3 is 11.9 Å². The lowest BCUT2D eigenvalue weighted by Crippen LogP contribution is -2.27. The molecule has 84 valence electrons. The van der Waals surface area contributed by atoms with Gasteiger partial charge in [0, 0.05) is 0 Å². The zero-order chi connectivity index (χ0) is 11.0. The molecule has 0 aromatic rings.